The Bertz CT molecular complexity index is 732. The van der Waals surface area contributed by atoms with Crippen molar-refractivity contribution >= 4 is 11.9 Å². The van der Waals surface area contributed by atoms with Gasteiger partial charge in [0, 0.05) is 24.5 Å². The number of rotatable bonds is 3. The largest absolute Gasteiger partial charge is 0.444 e. The van der Waals surface area contributed by atoms with Crippen LogP contribution in [0.15, 0.2) is 12.4 Å². The maximum absolute atomic E-state index is 12.5. The van der Waals surface area contributed by atoms with Gasteiger partial charge in [-0.25, -0.2) is 14.8 Å². The number of nitrogens with one attached hydrogen (secondary N) is 1. The van der Waals surface area contributed by atoms with Crippen molar-refractivity contribution in [1.29, 1.82) is 0 Å². The van der Waals surface area contributed by atoms with Crippen LogP contribution in [0.3, 0.4) is 0 Å². The Kier molecular flexibility index (Phi) is 3.72. The van der Waals surface area contributed by atoms with Crippen LogP contribution in [0.5, 0.6) is 0 Å². The Morgan fingerprint density at radius 2 is 1.81 bits per heavy atom. The highest BCUT2D eigenvalue weighted by Gasteiger charge is 2.72. The minimum Gasteiger partial charge on any atom is -0.444 e. The summed E-state index contributed by atoms with van der Waals surface area (Å²) in [5, 5.41) is 3.25. The molecule has 1 saturated heterocycles. The first-order valence-corrected chi connectivity index (χ1v) is 9.05. The third-order valence-electron chi connectivity index (χ3n) is 5.81. The molecule has 3 saturated carbocycles. The molecule has 1 aromatic rings. The average Bonchev–Trinajstić information content (AvgIpc) is 2.39. The van der Waals surface area contributed by atoms with Gasteiger partial charge < -0.3 is 15.0 Å². The zero-order valence-corrected chi connectivity index (χ0v) is 15.6. The van der Waals surface area contributed by atoms with E-state index in [9.17, 15) is 18.0 Å². The summed E-state index contributed by atoms with van der Waals surface area (Å²) < 4.78 is 43.0. The number of hydrogen-bond donors (Lipinski definition) is 1. The van der Waals surface area contributed by atoms with Crippen molar-refractivity contribution in [2.24, 2.45) is 11.3 Å². The first-order valence-electron chi connectivity index (χ1n) is 9.05. The Labute approximate surface area is 155 Å². The summed E-state index contributed by atoms with van der Waals surface area (Å²) in [6.45, 7) is 6.98. The molecule has 0 unspecified atom stereocenters. The summed E-state index contributed by atoms with van der Waals surface area (Å²) in [6.07, 6.45) is 0.0206. The molecule has 0 atom stereocenters. The summed E-state index contributed by atoms with van der Waals surface area (Å²) in [7, 11) is 0. The second-order valence-electron chi connectivity index (χ2n) is 9.16. The molecule has 2 heterocycles. The van der Waals surface area contributed by atoms with Gasteiger partial charge in [0.05, 0.1) is 12.4 Å². The van der Waals surface area contributed by atoms with E-state index >= 15 is 0 Å². The molecule has 1 aromatic heterocycles. The van der Waals surface area contributed by atoms with Crippen molar-refractivity contribution in [2.75, 3.05) is 18.4 Å². The number of ether oxygens (including phenoxy) is 1. The number of anilines is 1. The number of alkyl halides is 3. The Balaban J connectivity index is 1.26. The van der Waals surface area contributed by atoms with Gasteiger partial charge >= 0.3 is 12.3 Å². The van der Waals surface area contributed by atoms with Gasteiger partial charge in [-0.15, -0.1) is 0 Å². The molecule has 4 fully saturated rings. The van der Waals surface area contributed by atoms with Crippen molar-refractivity contribution in [3.05, 3.63) is 18.1 Å². The van der Waals surface area contributed by atoms with E-state index in [-0.39, 0.29) is 17.0 Å². The topological polar surface area (TPSA) is 67.3 Å². The van der Waals surface area contributed by atoms with E-state index in [2.05, 4.69) is 15.3 Å². The molecule has 3 aliphatic carbocycles. The van der Waals surface area contributed by atoms with Gasteiger partial charge in [0.25, 0.3) is 0 Å². The van der Waals surface area contributed by atoms with Crippen LogP contribution >= 0.6 is 0 Å². The fourth-order valence-electron chi connectivity index (χ4n) is 4.58. The average molecular weight is 384 g/mol. The molecular formula is C18H23F3N4O2. The lowest BCUT2D eigenvalue weighted by Gasteiger charge is -2.75. The lowest BCUT2D eigenvalue weighted by molar-refractivity contribution is -0.191. The van der Waals surface area contributed by atoms with E-state index in [1.165, 1.54) is 0 Å². The molecule has 6 nitrogen and oxygen atoms in total. The summed E-state index contributed by atoms with van der Waals surface area (Å²) >= 11 is 0. The zero-order valence-electron chi connectivity index (χ0n) is 15.6. The molecule has 148 valence electrons. The van der Waals surface area contributed by atoms with Crippen LogP contribution in [0.25, 0.3) is 0 Å². The van der Waals surface area contributed by atoms with Gasteiger partial charge in [0.15, 0.2) is 5.69 Å². The number of carbonyl (C=O) groups is 1. The normalized spacial score (nSPS) is 30.1. The summed E-state index contributed by atoms with van der Waals surface area (Å²) in [6, 6.07) is 0. The van der Waals surface area contributed by atoms with Crippen LogP contribution in [0.1, 0.15) is 45.7 Å². The summed E-state index contributed by atoms with van der Waals surface area (Å²) in [5.74, 6) is 0.840. The minimum atomic E-state index is -4.48. The van der Waals surface area contributed by atoms with Gasteiger partial charge in [-0.3, -0.25) is 0 Å². The van der Waals surface area contributed by atoms with E-state index in [1.54, 1.807) is 4.90 Å². The molecule has 0 radical (unpaired) electrons. The number of carbonyl (C=O) groups excluding carboxylic acids is 1. The van der Waals surface area contributed by atoms with Crippen LogP contribution in [-0.2, 0) is 10.9 Å². The number of likely N-dealkylation sites (tertiary alicyclic amines) is 1. The number of halogens is 3. The fourth-order valence-corrected chi connectivity index (χ4v) is 4.58. The molecule has 27 heavy (non-hydrogen) atoms. The molecular weight excluding hydrogens is 361 g/mol. The van der Waals surface area contributed by atoms with E-state index in [4.69, 9.17) is 4.74 Å². The van der Waals surface area contributed by atoms with Gasteiger partial charge in [-0.05, 0) is 45.4 Å². The highest BCUT2D eigenvalue weighted by Crippen LogP contribution is 2.72. The smallest absolute Gasteiger partial charge is 0.434 e. The quantitative estimate of drug-likeness (QED) is 0.861. The van der Waals surface area contributed by atoms with Gasteiger partial charge in [0.2, 0.25) is 0 Å². The zero-order chi connectivity index (χ0) is 19.7. The molecule has 2 bridgehead atoms. The number of amides is 1. The standard InChI is InChI=1S/C18H23F3N4O2/c1-15(2,3)27-14(26)25-6-11(7-25)16-8-17(9-16,10-16)24-13-5-22-12(4-23-13)18(19,20)21/h4-5,11H,6-10H2,1-3H3,(H,23,24). The first-order chi connectivity index (χ1) is 12.4. The van der Waals surface area contributed by atoms with Gasteiger partial charge in [0.1, 0.15) is 11.4 Å². The second-order valence-corrected chi connectivity index (χ2v) is 9.16. The van der Waals surface area contributed by atoms with E-state index in [0.717, 1.165) is 31.7 Å². The van der Waals surface area contributed by atoms with Crippen molar-refractivity contribution in [1.82, 2.24) is 14.9 Å². The monoisotopic (exact) mass is 384 g/mol. The SMILES string of the molecule is CC(C)(C)OC(=O)N1CC(C23CC(Nc4cnc(C(F)(F)F)cn4)(C2)C3)C1. The highest BCUT2D eigenvalue weighted by atomic mass is 19.4. The molecule has 4 aliphatic rings. The molecule has 0 aromatic carbocycles. The predicted molar refractivity (Wildman–Crippen MR) is 91.0 cm³/mol. The van der Waals surface area contributed by atoms with E-state index in [1.807, 2.05) is 20.8 Å². The minimum absolute atomic E-state index is 0.0826. The Morgan fingerprint density at radius 1 is 1.19 bits per heavy atom. The molecule has 1 aliphatic heterocycles. The second kappa shape index (κ2) is 5.48. The van der Waals surface area contributed by atoms with Gasteiger partial charge in [-0.1, -0.05) is 0 Å². The molecule has 1 N–H and O–H groups in total. The summed E-state index contributed by atoms with van der Waals surface area (Å²) in [5.41, 5.74) is -1.32. The maximum Gasteiger partial charge on any atom is 0.434 e. The predicted octanol–water partition coefficient (Wildman–Crippen LogP) is 3.70. The van der Waals surface area contributed by atoms with E-state index < -0.39 is 17.5 Å². The van der Waals surface area contributed by atoms with Crippen LogP contribution in [0, 0.1) is 11.3 Å². The highest BCUT2D eigenvalue weighted by molar-refractivity contribution is 5.69. The molecule has 1 amide bonds. The van der Waals surface area contributed by atoms with Crippen LogP contribution in [0.2, 0.25) is 0 Å². The van der Waals surface area contributed by atoms with E-state index in [0.29, 0.717) is 24.8 Å². The maximum atomic E-state index is 12.5. The van der Waals surface area contributed by atoms with Crippen LogP contribution in [0.4, 0.5) is 23.8 Å². The van der Waals surface area contributed by atoms with Gasteiger partial charge in [-0.2, -0.15) is 13.2 Å². The van der Waals surface area contributed by atoms with Crippen molar-refractivity contribution in [3.8, 4) is 0 Å². The number of nitrogens with zero attached hydrogens (tertiary/aromatic N) is 3. The third-order valence-corrected chi connectivity index (χ3v) is 5.81. The van der Waals surface area contributed by atoms with Crippen LogP contribution < -0.4 is 5.32 Å². The number of aromatic nitrogens is 2. The third kappa shape index (κ3) is 3.21. The molecule has 5 rings (SSSR count). The van der Waals surface area contributed by atoms with Crippen LogP contribution in [-0.4, -0.2) is 45.2 Å². The summed E-state index contributed by atoms with van der Waals surface area (Å²) in [4.78, 5) is 21.0. The Morgan fingerprint density at radius 3 is 2.30 bits per heavy atom. The fraction of sp³-hybridized carbons (Fsp3) is 0.722. The van der Waals surface area contributed by atoms with Crippen molar-refractivity contribution in [3.63, 3.8) is 0 Å². The number of hydrogen-bond acceptors (Lipinski definition) is 5. The van der Waals surface area contributed by atoms with Crippen molar-refractivity contribution in [2.45, 2.75) is 57.3 Å². The lowest BCUT2D eigenvalue weighted by Crippen LogP contribution is -2.77. The van der Waals surface area contributed by atoms with Crippen molar-refractivity contribution < 1.29 is 22.7 Å². The molecule has 9 heteroatoms. The lowest BCUT2D eigenvalue weighted by atomic mass is 9.35. The Hall–Kier alpha value is -2.06. The molecule has 0 spiro atoms. The first kappa shape index (κ1) is 18.3.